The summed E-state index contributed by atoms with van der Waals surface area (Å²) in [5.74, 6) is 0.395. The number of alkyl halides is 1. The maximum atomic E-state index is 12.6. The lowest BCUT2D eigenvalue weighted by Crippen LogP contribution is -2.49. The highest BCUT2D eigenvalue weighted by atomic mass is 79.9. The number of hydrogen-bond acceptors (Lipinski definition) is 2. The number of carbonyl (C=O) groups excluding carboxylic acids is 1. The first kappa shape index (κ1) is 15.3. The lowest BCUT2D eigenvalue weighted by Gasteiger charge is -2.36. The third-order valence-corrected chi connectivity index (χ3v) is 4.47. The van der Waals surface area contributed by atoms with Gasteiger partial charge in [0, 0.05) is 22.0 Å². The minimum atomic E-state index is -0.0969. The van der Waals surface area contributed by atoms with Gasteiger partial charge in [0.05, 0.1) is 23.7 Å². The molecule has 0 aliphatic carbocycles. The van der Waals surface area contributed by atoms with E-state index >= 15 is 0 Å². The van der Waals surface area contributed by atoms with Crippen LogP contribution in [0.5, 0.6) is 0 Å². The Kier molecular flexibility index (Phi) is 5.29. The van der Waals surface area contributed by atoms with Crippen LogP contribution in [0.25, 0.3) is 0 Å². The van der Waals surface area contributed by atoms with Crippen molar-refractivity contribution in [2.45, 2.75) is 19.1 Å². The molecule has 19 heavy (non-hydrogen) atoms. The molecule has 3 nitrogen and oxygen atoms in total. The Bertz CT molecular complexity index is 484. The summed E-state index contributed by atoms with van der Waals surface area (Å²) in [4.78, 5) is 14.4. The molecule has 0 N–H and O–H groups in total. The van der Waals surface area contributed by atoms with E-state index < -0.39 is 0 Å². The number of rotatable bonds is 2. The molecule has 0 bridgehead atoms. The van der Waals surface area contributed by atoms with Gasteiger partial charge in [-0.3, -0.25) is 4.79 Å². The van der Waals surface area contributed by atoms with Gasteiger partial charge in [-0.05, 0) is 41.1 Å². The van der Waals surface area contributed by atoms with Crippen molar-refractivity contribution in [2.75, 3.05) is 19.0 Å². The lowest BCUT2D eigenvalue weighted by atomic mass is 10.1. The SMILES string of the molecule is CC1CN(C(=O)c2cc(Br)ccc2Br)CC(CCl)O1. The number of morpholine rings is 1. The zero-order valence-corrected chi connectivity index (χ0v) is 14.3. The molecule has 0 aromatic heterocycles. The van der Waals surface area contributed by atoms with E-state index in [1.165, 1.54) is 0 Å². The highest BCUT2D eigenvalue weighted by Crippen LogP contribution is 2.24. The summed E-state index contributed by atoms with van der Waals surface area (Å²) in [5, 5.41) is 0. The number of nitrogens with zero attached hydrogens (tertiary/aromatic N) is 1. The molecule has 0 spiro atoms. The Morgan fingerprint density at radius 1 is 1.47 bits per heavy atom. The van der Waals surface area contributed by atoms with Gasteiger partial charge in [-0.25, -0.2) is 0 Å². The lowest BCUT2D eigenvalue weighted by molar-refractivity contribution is -0.0570. The van der Waals surface area contributed by atoms with Gasteiger partial charge in [-0.15, -0.1) is 11.6 Å². The van der Waals surface area contributed by atoms with Crippen LogP contribution in [0.4, 0.5) is 0 Å². The van der Waals surface area contributed by atoms with Crippen molar-refractivity contribution in [1.82, 2.24) is 4.90 Å². The molecule has 6 heteroatoms. The third-order valence-electron chi connectivity index (χ3n) is 2.94. The van der Waals surface area contributed by atoms with Gasteiger partial charge >= 0.3 is 0 Å². The van der Waals surface area contributed by atoms with Crippen LogP contribution in [0.2, 0.25) is 0 Å². The van der Waals surface area contributed by atoms with Crippen molar-refractivity contribution in [1.29, 1.82) is 0 Å². The number of carbonyl (C=O) groups is 1. The van der Waals surface area contributed by atoms with Crippen LogP contribution in [0.3, 0.4) is 0 Å². The molecule has 1 amide bonds. The molecular weight excluding hydrogens is 397 g/mol. The molecule has 1 fully saturated rings. The van der Waals surface area contributed by atoms with Gasteiger partial charge in [0.25, 0.3) is 5.91 Å². The first-order chi connectivity index (χ1) is 9.01. The van der Waals surface area contributed by atoms with E-state index in [4.69, 9.17) is 16.3 Å². The summed E-state index contributed by atoms with van der Waals surface area (Å²) >= 11 is 12.6. The Labute approximate surface area is 134 Å². The molecule has 2 rings (SSSR count). The molecule has 1 saturated heterocycles. The molecule has 1 aliphatic rings. The van der Waals surface area contributed by atoms with Crippen molar-refractivity contribution >= 4 is 49.4 Å². The summed E-state index contributed by atoms with van der Waals surface area (Å²) in [6.07, 6.45) is -0.0901. The standard InChI is InChI=1S/C13H14Br2ClNO2/c1-8-6-17(7-10(5-16)19-8)13(18)11-4-9(14)2-3-12(11)15/h2-4,8,10H,5-7H2,1H3. The maximum Gasteiger partial charge on any atom is 0.255 e. The Hall–Kier alpha value is -0.100. The summed E-state index contributed by atoms with van der Waals surface area (Å²) in [6.45, 7) is 3.08. The Morgan fingerprint density at radius 2 is 2.21 bits per heavy atom. The van der Waals surface area contributed by atoms with Gasteiger partial charge in [0.2, 0.25) is 0 Å². The summed E-state index contributed by atoms with van der Waals surface area (Å²) in [7, 11) is 0. The summed E-state index contributed by atoms with van der Waals surface area (Å²) < 4.78 is 7.34. The average molecular weight is 412 g/mol. The van der Waals surface area contributed by atoms with Gasteiger partial charge in [0.1, 0.15) is 0 Å². The van der Waals surface area contributed by atoms with E-state index in [2.05, 4.69) is 31.9 Å². The van der Waals surface area contributed by atoms with Crippen molar-refractivity contribution in [3.8, 4) is 0 Å². The van der Waals surface area contributed by atoms with Gasteiger partial charge in [0.15, 0.2) is 0 Å². The van der Waals surface area contributed by atoms with Crippen LogP contribution in [-0.2, 0) is 4.74 Å². The minimum absolute atomic E-state index is 0.00144. The Morgan fingerprint density at radius 3 is 2.89 bits per heavy atom. The van der Waals surface area contributed by atoms with Crippen molar-refractivity contribution in [3.63, 3.8) is 0 Å². The zero-order chi connectivity index (χ0) is 14.0. The van der Waals surface area contributed by atoms with E-state index in [1.54, 1.807) is 4.90 Å². The third kappa shape index (κ3) is 3.72. The molecule has 1 heterocycles. The monoisotopic (exact) mass is 409 g/mol. The number of benzene rings is 1. The van der Waals surface area contributed by atoms with Crippen LogP contribution < -0.4 is 0 Å². The largest absolute Gasteiger partial charge is 0.370 e. The van der Waals surface area contributed by atoms with Crippen molar-refractivity contribution < 1.29 is 9.53 Å². The van der Waals surface area contributed by atoms with E-state index in [-0.39, 0.29) is 18.1 Å². The van der Waals surface area contributed by atoms with E-state index in [0.717, 1.165) is 8.95 Å². The summed E-state index contributed by atoms with van der Waals surface area (Å²) in [5.41, 5.74) is 0.650. The van der Waals surface area contributed by atoms with Crippen LogP contribution >= 0.6 is 43.5 Å². The van der Waals surface area contributed by atoms with Crippen molar-refractivity contribution in [3.05, 3.63) is 32.7 Å². The topological polar surface area (TPSA) is 29.5 Å². The fraction of sp³-hybridized carbons (Fsp3) is 0.462. The minimum Gasteiger partial charge on any atom is -0.370 e. The van der Waals surface area contributed by atoms with Crippen LogP contribution in [-0.4, -0.2) is 42.0 Å². The second-order valence-corrected chi connectivity index (χ2v) is 6.64. The first-order valence-electron chi connectivity index (χ1n) is 5.97. The number of hydrogen-bond donors (Lipinski definition) is 0. The van der Waals surface area contributed by atoms with Gasteiger partial charge < -0.3 is 9.64 Å². The van der Waals surface area contributed by atoms with E-state index in [9.17, 15) is 4.79 Å². The molecule has 0 saturated carbocycles. The Balaban J connectivity index is 2.21. The predicted octanol–water partition coefficient (Wildman–Crippen LogP) is 3.68. The zero-order valence-electron chi connectivity index (χ0n) is 10.4. The molecular formula is C13H14Br2ClNO2. The fourth-order valence-corrected chi connectivity index (χ4v) is 3.08. The number of ether oxygens (including phenoxy) is 1. The maximum absolute atomic E-state index is 12.6. The van der Waals surface area contributed by atoms with Crippen LogP contribution in [0.1, 0.15) is 17.3 Å². The first-order valence-corrected chi connectivity index (χ1v) is 8.09. The van der Waals surface area contributed by atoms with Crippen LogP contribution in [0.15, 0.2) is 27.1 Å². The van der Waals surface area contributed by atoms with E-state index in [0.29, 0.717) is 24.5 Å². The second kappa shape index (κ2) is 6.57. The molecule has 2 unspecified atom stereocenters. The predicted molar refractivity (Wildman–Crippen MR) is 82.8 cm³/mol. The smallest absolute Gasteiger partial charge is 0.255 e. The highest BCUT2D eigenvalue weighted by Gasteiger charge is 2.29. The highest BCUT2D eigenvalue weighted by molar-refractivity contribution is 9.11. The van der Waals surface area contributed by atoms with Crippen molar-refractivity contribution in [2.24, 2.45) is 0 Å². The van der Waals surface area contributed by atoms with Gasteiger partial charge in [-0.2, -0.15) is 0 Å². The summed E-state index contributed by atoms with van der Waals surface area (Å²) in [6, 6.07) is 5.58. The molecule has 1 aromatic carbocycles. The van der Waals surface area contributed by atoms with Crippen LogP contribution in [0, 0.1) is 0 Å². The van der Waals surface area contributed by atoms with Gasteiger partial charge in [-0.1, -0.05) is 15.9 Å². The number of halogens is 3. The second-order valence-electron chi connectivity index (χ2n) is 4.56. The molecule has 1 aromatic rings. The fourth-order valence-electron chi connectivity index (χ4n) is 2.13. The molecule has 0 radical (unpaired) electrons. The normalized spacial score (nSPS) is 23.5. The quantitative estimate of drug-likeness (QED) is 0.695. The number of amides is 1. The molecule has 104 valence electrons. The average Bonchev–Trinajstić information content (AvgIpc) is 2.40. The van der Waals surface area contributed by atoms with E-state index in [1.807, 2.05) is 25.1 Å². The molecule has 1 aliphatic heterocycles. The molecule has 2 atom stereocenters.